The number of benzene rings is 1. The Kier molecular flexibility index (Phi) is 6.03. The molecule has 1 aromatic carbocycles. The van der Waals surface area contributed by atoms with Crippen LogP contribution in [-0.4, -0.2) is 46.0 Å². The van der Waals surface area contributed by atoms with Crippen molar-refractivity contribution >= 4 is 27.0 Å². The van der Waals surface area contributed by atoms with E-state index in [1.54, 1.807) is 6.07 Å². The lowest BCUT2D eigenvalue weighted by Crippen LogP contribution is -2.28. The van der Waals surface area contributed by atoms with Gasteiger partial charge in [0, 0.05) is 31.8 Å². The third kappa shape index (κ3) is 4.57. The molecular weight excluding hydrogens is 464 g/mol. The maximum atomic E-state index is 13.6. The van der Waals surface area contributed by atoms with E-state index in [2.05, 4.69) is 10.4 Å². The van der Waals surface area contributed by atoms with Crippen LogP contribution >= 0.6 is 0 Å². The van der Waals surface area contributed by atoms with E-state index in [9.17, 15) is 22.0 Å². The van der Waals surface area contributed by atoms with Crippen molar-refractivity contribution in [3.05, 3.63) is 42.0 Å². The van der Waals surface area contributed by atoms with Crippen molar-refractivity contribution in [2.45, 2.75) is 69.2 Å². The summed E-state index contributed by atoms with van der Waals surface area (Å²) in [5.74, 6) is -2.15. The molecule has 0 atom stereocenters. The number of rotatable bonds is 5. The fraction of sp³-hybridized carbons (Fsp3) is 0.522. The smallest absolute Gasteiger partial charge is 0.283 e. The highest BCUT2D eigenvalue weighted by molar-refractivity contribution is 7.89. The SMILES string of the molecule is CNC(=O)c1cnn(S(=O)(=O)c2ccc3c(c2)nc(C(C)(C)C)n3CC2CCC(F)(F)CC2)c1. The van der Waals surface area contributed by atoms with Gasteiger partial charge in [-0.15, -0.1) is 0 Å². The lowest BCUT2D eigenvalue weighted by Gasteiger charge is -2.30. The third-order valence-corrected chi connectivity index (χ3v) is 7.80. The first-order valence-electron chi connectivity index (χ1n) is 11.2. The van der Waals surface area contributed by atoms with Crippen molar-refractivity contribution < 1.29 is 22.0 Å². The van der Waals surface area contributed by atoms with Gasteiger partial charge < -0.3 is 9.88 Å². The molecule has 1 aliphatic rings. The van der Waals surface area contributed by atoms with Crippen molar-refractivity contribution in [1.29, 1.82) is 0 Å². The topological polar surface area (TPSA) is 98.9 Å². The zero-order valence-corrected chi connectivity index (χ0v) is 20.5. The lowest BCUT2D eigenvalue weighted by molar-refractivity contribution is -0.0473. The molecule has 0 aliphatic heterocycles. The summed E-state index contributed by atoms with van der Waals surface area (Å²) in [7, 11) is -2.59. The number of hydrogen-bond acceptors (Lipinski definition) is 5. The van der Waals surface area contributed by atoms with Crippen LogP contribution in [-0.2, 0) is 22.0 Å². The van der Waals surface area contributed by atoms with E-state index in [4.69, 9.17) is 4.98 Å². The summed E-state index contributed by atoms with van der Waals surface area (Å²) in [5, 5.41) is 6.27. The van der Waals surface area contributed by atoms with Crippen molar-refractivity contribution in [2.75, 3.05) is 7.05 Å². The van der Waals surface area contributed by atoms with E-state index in [1.165, 1.54) is 25.4 Å². The van der Waals surface area contributed by atoms with Crippen LogP contribution < -0.4 is 5.32 Å². The van der Waals surface area contributed by atoms with Crippen LogP contribution in [0.2, 0.25) is 0 Å². The number of amides is 1. The van der Waals surface area contributed by atoms with Crippen LogP contribution in [0, 0.1) is 5.92 Å². The molecule has 0 unspecified atom stereocenters. The molecular formula is C23H29F2N5O3S. The van der Waals surface area contributed by atoms with Crippen LogP contribution in [0.25, 0.3) is 11.0 Å². The van der Waals surface area contributed by atoms with Crippen molar-refractivity contribution in [1.82, 2.24) is 24.1 Å². The molecule has 11 heteroatoms. The minimum absolute atomic E-state index is 0.00558. The van der Waals surface area contributed by atoms with Crippen LogP contribution in [0.5, 0.6) is 0 Å². The molecule has 34 heavy (non-hydrogen) atoms. The van der Waals surface area contributed by atoms with Gasteiger partial charge in [-0.25, -0.2) is 13.8 Å². The maximum absolute atomic E-state index is 13.6. The molecule has 0 spiro atoms. The number of fused-ring (bicyclic) bond motifs is 1. The van der Waals surface area contributed by atoms with Crippen LogP contribution in [0.3, 0.4) is 0 Å². The standard InChI is InChI=1S/C23H29F2N5O3S/c1-22(2,3)21-28-18-11-17(34(32,33)30-14-16(12-27-30)20(31)26-4)5-6-19(18)29(21)13-15-7-9-23(24,25)10-8-15/h5-6,11-12,14-15H,7-10,13H2,1-4H3,(H,26,31). The van der Waals surface area contributed by atoms with Gasteiger partial charge in [0.25, 0.3) is 15.9 Å². The van der Waals surface area contributed by atoms with E-state index in [0.29, 0.717) is 24.9 Å². The molecule has 0 bridgehead atoms. The van der Waals surface area contributed by atoms with Crippen LogP contribution in [0.1, 0.15) is 62.6 Å². The summed E-state index contributed by atoms with van der Waals surface area (Å²) < 4.78 is 56.3. The minimum Gasteiger partial charge on any atom is -0.355 e. The summed E-state index contributed by atoms with van der Waals surface area (Å²) >= 11 is 0. The van der Waals surface area contributed by atoms with Crippen molar-refractivity contribution in [3.63, 3.8) is 0 Å². The van der Waals surface area contributed by atoms with Gasteiger partial charge in [0.05, 0.1) is 33.9 Å². The van der Waals surface area contributed by atoms with Crippen LogP contribution in [0.4, 0.5) is 8.78 Å². The number of nitrogens with one attached hydrogen (secondary N) is 1. The number of hydrogen-bond donors (Lipinski definition) is 1. The molecule has 0 saturated heterocycles. The molecule has 1 N–H and O–H groups in total. The van der Waals surface area contributed by atoms with Gasteiger partial charge in [0.2, 0.25) is 5.92 Å². The second kappa shape index (κ2) is 8.44. The first-order chi connectivity index (χ1) is 15.8. The predicted octanol–water partition coefficient (Wildman–Crippen LogP) is 3.95. The van der Waals surface area contributed by atoms with Crippen LogP contribution in [0.15, 0.2) is 35.5 Å². The Balaban J connectivity index is 1.72. The summed E-state index contributed by atoms with van der Waals surface area (Å²) in [6.45, 7) is 6.60. The monoisotopic (exact) mass is 493 g/mol. The largest absolute Gasteiger partial charge is 0.355 e. The third-order valence-electron chi connectivity index (χ3n) is 6.26. The zero-order chi connectivity index (χ0) is 24.9. The van der Waals surface area contributed by atoms with E-state index < -0.39 is 21.9 Å². The van der Waals surface area contributed by atoms with E-state index >= 15 is 0 Å². The number of carbonyl (C=O) groups excluding carboxylic acids is 1. The van der Waals surface area contributed by atoms with Gasteiger partial charge in [0.1, 0.15) is 5.82 Å². The second-order valence-corrected chi connectivity index (χ2v) is 11.7. The highest BCUT2D eigenvalue weighted by atomic mass is 32.2. The normalized spacial score (nSPS) is 17.2. The Bertz CT molecular complexity index is 1330. The molecule has 0 radical (unpaired) electrons. The van der Waals surface area contributed by atoms with Gasteiger partial charge >= 0.3 is 0 Å². The summed E-state index contributed by atoms with van der Waals surface area (Å²) in [6.07, 6.45) is 3.01. The summed E-state index contributed by atoms with van der Waals surface area (Å²) in [4.78, 5) is 16.5. The number of aromatic nitrogens is 4. The zero-order valence-electron chi connectivity index (χ0n) is 19.7. The maximum Gasteiger partial charge on any atom is 0.283 e. The van der Waals surface area contributed by atoms with Crippen molar-refractivity contribution in [2.24, 2.45) is 5.92 Å². The van der Waals surface area contributed by atoms with Gasteiger partial charge in [-0.3, -0.25) is 4.79 Å². The molecule has 1 aliphatic carbocycles. The Morgan fingerprint density at radius 1 is 1.24 bits per heavy atom. The minimum atomic E-state index is -4.04. The molecule has 8 nitrogen and oxygen atoms in total. The molecule has 3 aromatic rings. The van der Waals surface area contributed by atoms with Gasteiger partial charge in [-0.2, -0.15) is 17.6 Å². The number of carbonyl (C=O) groups is 1. The molecule has 1 fully saturated rings. The predicted molar refractivity (Wildman–Crippen MR) is 124 cm³/mol. The Morgan fingerprint density at radius 2 is 1.91 bits per heavy atom. The van der Waals surface area contributed by atoms with Crippen molar-refractivity contribution in [3.8, 4) is 0 Å². The first kappa shape index (κ1) is 24.3. The van der Waals surface area contributed by atoms with Gasteiger partial charge in [-0.05, 0) is 37.0 Å². The number of imidazole rings is 1. The average Bonchev–Trinajstić information content (AvgIpc) is 3.40. The second-order valence-electron chi connectivity index (χ2n) is 9.93. The van der Waals surface area contributed by atoms with E-state index in [1.807, 2.05) is 25.3 Å². The highest BCUT2D eigenvalue weighted by Gasteiger charge is 2.36. The number of halogens is 2. The van der Waals surface area contributed by atoms with E-state index in [0.717, 1.165) is 21.6 Å². The number of alkyl halides is 2. The molecule has 1 saturated carbocycles. The van der Waals surface area contributed by atoms with Gasteiger partial charge in [0.15, 0.2) is 0 Å². The fourth-order valence-corrected chi connectivity index (χ4v) is 5.51. The average molecular weight is 494 g/mol. The Morgan fingerprint density at radius 3 is 2.53 bits per heavy atom. The first-order valence-corrected chi connectivity index (χ1v) is 12.7. The molecule has 4 rings (SSSR count). The van der Waals surface area contributed by atoms with Gasteiger partial charge in [-0.1, -0.05) is 20.8 Å². The van der Waals surface area contributed by atoms with E-state index in [-0.39, 0.29) is 34.6 Å². The molecule has 2 aromatic heterocycles. The summed E-state index contributed by atoms with van der Waals surface area (Å²) in [6, 6.07) is 4.68. The lowest BCUT2D eigenvalue weighted by atomic mass is 9.86. The Labute approximate surface area is 197 Å². The highest BCUT2D eigenvalue weighted by Crippen LogP contribution is 2.38. The molecule has 2 heterocycles. The number of nitrogens with zero attached hydrogens (tertiary/aromatic N) is 4. The fourth-order valence-electron chi connectivity index (χ4n) is 4.37. The quantitative estimate of drug-likeness (QED) is 0.580. The summed E-state index contributed by atoms with van der Waals surface area (Å²) in [5.41, 5.74) is 1.06. The molecule has 1 amide bonds. The molecule has 184 valence electrons. The Hall–Kier alpha value is -2.82.